The fourth-order valence-electron chi connectivity index (χ4n) is 3.36. The average molecular weight is 279 g/mol. The Hall–Kier alpha value is -1.60. The smallest absolute Gasteiger partial charge is 0.0315 e. The Balaban J connectivity index is 1.99. The lowest BCUT2D eigenvalue weighted by Gasteiger charge is -2.28. The third-order valence-electron chi connectivity index (χ3n) is 4.86. The van der Waals surface area contributed by atoms with E-state index in [1.807, 2.05) is 7.05 Å². The summed E-state index contributed by atoms with van der Waals surface area (Å²) in [5.74, 6) is 0.774. The van der Waals surface area contributed by atoms with Crippen LogP contribution in [0.2, 0.25) is 0 Å². The zero-order chi connectivity index (χ0) is 14.7. The summed E-state index contributed by atoms with van der Waals surface area (Å²) in [6.45, 7) is 2.23. The number of nitrogens with one attached hydrogen (secondary N) is 1. The molecule has 1 fully saturated rings. The maximum Gasteiger partial charge on any atom is 0.0315 e. The molecule has 21 heavy (non-hydrogen) atoms. The molecule has 1 atom stereocenters. The maximum atomic E-state index is 3.41. The van der Waals surface area contributed by atoms with Crippen LogP contribution in [0.1, 0.15) is 55.7 Å². The minimum absolute atomic E-state index is 0.445. The lowest BCUT2D eigenvalue weighted by atomic mass is 9.77. The number of hydrogen-bond acceptors (Lipinski definition) is 1. The van der Waals surface area contributed by atoms with Crippen molar-refractivity contribution in [2.45, 2.75) is 44.6 Å². The first kappa shape index (κ1) is 14.3. The van der Waals surface area contributed by atoms with Crippen molar-refractivity contribution < 1.29 is 0 Å². The van der Waals surface area contributed by atoms with Crippen LogP contribution in [-0.2, 0) is 0 Å². The third-order valence-corrected chi connectivity index (χ3v) is 4.86. The summed E-state index contributed by atoms with van der Waals surface area (Å²) in [5.41, 5.74) is 5.72. The molecule has 0 radical (unpaired) electrons. The van der Waals surface area contributed by atoms with Crippen molar-refractivity contribution in [2.24, 2.45) is 0 Å². The summed E-state index contributed by atoms with van der Waals surface area (Å²) in [6, 6.07) is 18.5. The SMILES string of the molecule is CCC(NC)c1cccc(-c2ccccc2C2CCC2)c1. The van der Waals surface area contributed by atoms with Gasteiger partial charge in [-0.3, -0.25) is 0 Å². The van der Waals surface area contributed by atoms with E-state index in [-0.39, 0.29) is 0 Å². The van der Waals surface area contributed by atoms with Crippen LogP contribution < -0.4 is 5.32 Å². The Morgan fingerprint density at radius 1 is 1.10 bits per heavy atom. The van der Waals surface area contributed by atoms with Crippen molar-refractivity contribution in [3.8, 4) is 11.1 Å². The van der Waals surface area contributed by atoms with E-state index in [9.17, 15) is 0 Å². The predicted molar refractivity (Wildman–Crippen MR) is 90.6 cm³/mol. The molecule has 1 heteroatoms. The monoisotopic (exact) mass is 279 g/mol. The van der Waals surface area contributed by atoms with E-state index in [1.165, 1.54) is 36.0 Å². The van der Waals surface area contributed by atoms with E-state index in [0.29, 0.717) is 6.04 Å². The molecule has 1 unspecified atom stereocenters. The first-order chi connectivity index (χ1) is 10.3. The van der Waals surface area contributed by atoms with Crippen molar-refractivity contribution in [1.29, 1.82) is 0 Å². The molecule has 0 bridgehead atoms. The molecule has 0 aliphatic heterocycles. The highest BCUT2D eigenvalue weighted by Gasteiger charge is 2.22. The quantitative estimate of drug-likeness (QED) is 0.784. The van der Waals surface area contributed by atoms with Gasteiger partial charge in [0.25, 0.3) is 0 Å². The molecule has 2 aromatic rings. The van der Waals surface area contributed by atoms with Crippen molar-refractivity contribution >= 4 is 0 Å². The number of benzene rings is 2. The van der Waals surface area contributed by atoms with Gasteiger partial charge >= 0.3 is 0 Å². The molecule has 1 aliphatic carbocycles. The minimum atomic E-state index is 0.445. The summed E-state index contributed by atoms with van der Waals surface area (Å²) in [5, 5.41) is 3.41. The molecule has 0 heterocycles. The van der Waals surface area contributed by atoms with Crippen molar-refractivity contribution in [2.75, 3.05) is 7.05 Å². The van der Waals surface area contributed by atoms with Gasteiger partial charge in [0.1, 0.15) is 0 Å². The van der Waals surface area contributed by atoms with Gasteiger partial charge in [-0.1, -0.05) is 55.8 Å². The molecule has 1 aliphatic rings. The Morgan fingerprint density at radius 3 is 2.57 bits per heavy atom. The standard InChI is InChI=1S/C20H25N/c1-3-20(21-2)17-11-7-10-16(14-17)19-13-5-4-12-18(19)15-8-6-9-15/h4-5,7,10-15,20-21H,3,6,8-9H2,1-2H3. The van der Waals surface area contributed by atoms with Crippen molar-refractivity contribution in [1.82, 2.24) is 5.32 Å². The van der Waals surface area contributed by atoms with E-state index in [0.717, 1.165) is 12.3 Å². The fourth-order valence-corrected chi connectivity index (χ4v) is 3.36. The molecule has 1 nitrogen and oxygen atoms in total. The lowest BCUT2D eigenvalue weighted by molar-refractivity contribution is 0.420. The molecule has 1 saturated carbocycles. The third kappa shape index (κ3) is 2.89. The maximum absolute atomic E-state index is 3.41. The second-order valence-corrected chi connectivity index (χ2v) is 6.09. The number of hydrogen-bond donors (Lipinski definition) is 1. The van der Waals surface area contributed by atoms with Crippen LogP contribution in [-0.4, -0.2) is 7.05 Å². The average Bonchev–Trinajstić information content (AvgIpc) is 2.48. The van der Waals surface area contributed by atoms with E-state index < -0.39 is 0 Å². The summed E-state index contributed by atoms with van der Waals surface area (Å²) >= 11 is 0. The topological polar surface area (TPSA) is 12.0 Å². The largest absolute Gasteiger partial charge is 0.313 e. The van der Waals surface area contributed by atoms with Crippen LogP contribution in [0.4, 0.5) is 0 Å². The first-order valence-electron chi connectivity index (χ1n) is 8.20. The molecular formula is C20H25N. The minimum Gasteiger partial charge on any atom is -0.313 e. The zero-order valence-corrected chi connectivity index (χ0v) is 13.1. The van der Waals surface area contributed by atoms with Gasteiger partial charge in [-0.05, 0) is 60.5 Å². The summed E-state index contributed by atoms with van der Waals surface area (Å²) in [4.78, 5) is 0. The van der Waals surface area contributed by atoms with E-state index in [2.05, 4.69) is 60.8 Å². The van der Waals surface area contributed by atoms with Crippen LogP contribution >= 0.6 is 0 Å². The second-order valence-electron chi connectivity index (χ2n) is 6.09. The predicted octanol–water partition coefficient (Wildman–Crippen LogP) is 5.29. The van der Waals surface area contributed by atoms with Gasteiger partial charge in [0, 0.05) is 6.04 Å². The van der Waals surface area contributed by atoms with Gasteiger partial charge in [0.15, 0.2) is 0 Å². The van der Waals surface area contributed by atoms with Gasteiger partial charge in [-0.25, -0.2) is 0 Å². The molecule has 0 spiro atoms. The van der Waals surface area contributed by atoms with Crippen LogP contribution in [0.25, 0.3) is 11.1 Å². The molecule has 0 saturated heterocycles. The Bertz CT molecular complexity index is 594. The highest BCUT2D eigenvalue weighted by Crippen LogP contribution is 2.41. The van der Waals surface area contributed by atoms with Gasteiger partial charge in [-0.2, -0.15) is 0 Å². The molecule has 0 aromatic heterocycles. The molecule has 3 rings (SSSR count). The van der Waals surface area contributed by atoms with Gasteiger partial charge in [-0.15, -0.1) is 0 Å². The van der Waals surface area contributed by atoms with Crippen LogP contribution in [0.15, 0.2) is 48.5 Å². The Kier molecular flexibility index (Phi) is 4.40. The molecular weight excluding hydrogens is 254 g/mol. The van der Waals surface area contributed by atoms with Crippen LogP contribution in [0.5, 0.6) is 0 Å². The van der Waals surface area contributed by atoms with E-state index in [4.69, 9.17) is 0 Å². The molecule has 110 valence electrons. The molecule has 2 aromatic carbocycles. The molecule has 1 N–H and O–H groups in total. The Morgan fingerprint density at radius 2 is 1.90 bits per heavy atom. The van der Waals surface area contributed by atoms with Gasteiger partial charge in [0.2, 0.25) is 0 Å². The second kappa shape index (κ2) is 6.44. The fraction of sp³-hybridized carbons (Fsp3) is 0.400. The summed E-state index contributed by atoms with van der Waals surface area (Å²) in [7, 11) is 2.04. The Labute approximate surface area is 128 Å². The summed E-state index contributed by atoms with van der Waals surface area (Å²) in [6.07, 6.45) is 5.20. The van der Waals surface area contributed by atoms with Crippen LogP contribution in [0, 0.1) is 0 Å². The van der Waals surface area contributed by atoms with Crippen LogP contribution in [0.3, 0.4) is 0 Å². The van der Waals surface area contributed by atoms with Crippen molar-refractivity contribution in [3.63, 3.8) is 0 Å². The number of rotatable bonds is 5. The normalized spacial score (nSPS) is 16.5. The highest BCUT2D eigenvalue weighted by molar-refractivity contribution is 5.69. The van der Waals surface area contributed by atoms with Gasteiger partial charge in [0.05, 0.1) is 0 Å². The van der Waals surface area contributed by atoms with Gasteiger partial charge < -0.3 is 5.32 Å². The van der Waals surface area contributed by atoms with E-state index in [1.54, 1.807) is 5.56 Å². The molecule has 0 amide bonds. The van der Waals surface area contributed by atoms with Crippen molar-refractivity contribution in [3.05, 3.63) is 59.7 Å². The zero-order valence-electron chi connectivity index (χ0n) is 13.1. The first-order valence-corrected chi connectivity index (χ1v) is 8.20. The lowest BCUT2D eigenvalue weighted by Crippen LogP contribution is -2.15. The van der Waals surface area contributed by atoms with E-state index >= 15 is 0 Å². The summed E-state index contributed by atoms with van der Waals surface area (Å²) < 4.78 is 0. The highest BCUT2D eigenvalue weighted by atomic mass is 14.9.